The van der Waals surface area contributed by atoms with E-state index in [0.29, 0.717) is 19.8 Å². The van der Waals surface area contributed by atoms with Gasteiger partial charge in [0.15, 0.2) is 6.29 Å². The maximum Gasteiger partial charge on any atom is 0.264 e. The van der Waals surface area contributed by atoms with Crippen molar-refractivity contribution in [3.8, 4) is 0 Å². The van der Waals surface area contributed by atoms with Gasteiger partial charge in [-0.15, -0.1) is 0 Å². The fourth-order valence-corrected chi connectivity index (χ4v) is 5.01. The van der Waals surface area contributed by atoms with Crippen LogP contribution in [0.4, 0.5) is 0 Å². The van der Waals surface area contributed by atoms with Gasteiger partial charge in [-0.25, -0.2) is 0 Å². The molecular formula is C32H66O7S. The molecule has 0 saturated carbocycles. The van der Waals surface area contributed by atoms with Crippen LogP contribution in [0.5, 0.6) is 0 Å². The molecule has 0 N–H and O–H groups in total. The highest BCUT2D eigenvalue weighted by atomic mass is 32.2. The second-order valence-corrected chi connectivity index (χ2v) is 12.8. The van der Waals surface area contributed by atoms with Gasteiger partial charge >= 0.3 is 0 Å². The average molecular weight is 595 g/mol. The van der Waals surface area contributed by atoms with Crippen LogP contribution in [0.3, 0.4) is 0 Å². The third-order valence-corrected chi connectivity index (χ3v) is 7.68. The fraction of sp³-hybridized carbons (Fsp3) is 1.00. The maximum absolute atomic E-state index is 11.0. The quantitative estimate of drug-likeness (QED) is 0.0427. The van der Waals surface area contributed by atoms with Crippen molar-refractivity contribution >= 4 is 10.1 Å². The van der Waals surface area contributed by atoms with E-state index >= 15 is 0 Å². The second-order valence-electron chi connectivity index (χ2n) is 11.1. The lowest BCUT2D eigenvalue weighted by molar-refractivity contribution is -0.171. The summed E-state index contributed by atoms with van der Waals surface area (Å²) >= 11 is 0. The molecule has 242 valence electrons. The largest absolute Gasteiger partial charge is 0.377 e. The van der Waals surface area contributed by atoms with Gasteiger partial charge in [-0.2, -0.15) is 8.42 Å². The lowest BCUT2D eigenvalue weighted by Crippen LogP contribution is -2.27. The minimum absolute atomic E-state index is 0.0169. The molecule has 0 fully saturated rings. The Hall–Kier alpha value is -0.250. The molecule has 40 heavy (non-hydrogen) atoms. The Morgan fingerprint density at radius 1 is 0.525 bits per heavy atom. The van der Waals surface area contributed by atoms with Crippen LogP contribution < -0.4 is 0 Å². The molecule has 0 aromatic rings. The second kappa shape index (κ2) is 30.2. The Kier molecular flexibility index (Phi) is 30.0. The Bertz CT molecular complexity index is 600. The minimum Gasteiger partial charge on any atom is -0.377 e. The molecule has 0 aliphatic heterocycles. The normalized spacial score (nSPS) is 13.6. The van der Waals surface area contributed by atoms with Gasteiger partial charge in [0.05, 0.1) is 45.4 Å². The zero-order valence-electron chi connectivity index (χ0n) is 26.8. The van der Waals surface area contributed by atoms with E-state index in [2.05, 4.69) is 18.0 Å². The summed E-state index contributed by atoms with van der Waals surface area (Å²) in [6.45, 7) is 8.88. The minimum atomic E-state index is -3.42. The molecule has 0 aliphatic rings. The molecule has 0 radical (unpaired) electrons. The lowest BCUT2D eigenvalue weighted by Gasteiger charge is -2.22. The van der Waals surface area contributed by atoms with Crippen LogP contribution in [0.25, 0.3) is 0 Å². The summed E-state index contributed by atoms with van der Waals surface area (Å²) < 4.78 is 50.0. The predicted molar refractivity (Wildman–Crippen MR) is 166 cm³/mol. The smallest absolute Gasteiger partial charge is 0.264 e. The van der Waals surface area contributed by atoms with Crippen molar-refractivity contribution in [2.75, 3.05) is 45.9 Å². The standard InChI is InChI=1S/C32H66O7S/c1-5-8-10-12-13-14-15-16-17-18-19-20-21-22-24-31(36-25-23-11-9-6-2)30-38-32(7-3)37-28-26-35-27-29-39-40(4,33)34/h31-32H,5-30H2,1-4H3. The highest BCUT2D eigenvalue weighted by Gasteiger charge is 2.14. The van der Waals surface area contributed by atoms with Crippen LogP contribution in [0, 0.1) is 0 Å². The van der Waals surface area contributed by atoms with Crippen molar-refractivity contribution in [2.24, 2.45) is 0 Å². The first-order valence-electron chi connectivity index (χ1n) is 16.7. The van der Waals surface area contributed by atoms with E-state index in [1.165, 1.54) is 109 Å². The molecule has 7 nitrogen and oxygen atoms in total. The molecular weight excluding hydrogens is 528 g/mol. The molecule has 0 amide bonds. The number of unbranched alkanes of at least 4 members (excludes halogenated alkanes) is 16. The number of hydrogen-bond acceptors (Lipinski definition) is 7. The van der Waals surface area contributed by atoms with E-state index in [9.17, 15) is 8.42 Å². The Morgan fingerprint density at radius 3 is 1.55 bits per heavy atom. The van der Waals surface area contributed by atoms with E-state index in [4.69, 9.17) is 18.9 Å². The van der Waals surface area contributed by atoms with E-state index in [1.807, 2.05) is 6.92 Å². The SMILES string of the molecule is CCCCCCCCCCCCCCCCC(COC(CC)OCCOCCOS(C)(=O)=O)OCCCCCC. The molecule has 0 bridgehead atoms. The molecule has 0 saturated heterocycles. The van der Waals surface area contributed by atoms with E-state index in [-0.39, 0.29) is 25.6 Å². The van der Waals surface area contributed by atoms with Gasteiger partial charge in [-0.3, -0.25) is 4.18 Å². The topological polar surface area (TPSA) is 80.3 Å². The first kappa shape index (κ1) is 39.8. The fourth-order valence-electron chi connectivity index (χ4n) is 4.64. The molecule has 0 rings (SSSR count). The Labute approximate surface area is 248 Å². The van der Waals surface area contributed by atoms with Gasteiger partial charge in [0, 0.05) is 6.61 Å². The first-order valence-corrected chi connectivity index (χ1v) is 18.5. The summed E-state index contributed by atoms with van der Waals surface area (Å²) in [7, 11) is -3.42. The summed E-state index contributed by atoms with van der Waals surface area (Å²) in [5.41, 5.74) is 0. The maximum atomic E-state index is 11.0. The molecule has 8 heteroatoms. The van der Waals surface area contributed by atoms with Gasteiger partial charge in [0.1, 0.15) is 0 Å². The van der Waals surface area contributed by atoms with E-state index in [1.54, 1.807) is 0 Å². The van der Waals surface area contributed by atoms with E-state index in [0.717, 1.165) is 32.1 Å². The zero-order chi connectivity index (χ0) is 29.6. The molecule has 0 aromatic heterocycles. The van der Waals surface area contributed by atoms with Gasteiger partial charge in [0.2, 0.25) is 0 Å². The summed E-state index contributed by atoms with van der Waals surface area (Å²) in [6, 6.07) is 0. The van der Waals surface area contributed by atoms with Crippen LogP contribution in [0.2, 0.25) is 0 Å². The summed E-state index contributed by atoms with van der Waals surface area (Å²) in [5.74, 6) is 0. The van der Waals surface area contributed by atoms with Crippen LogP contribution in [0.1, 0.15) is 149 Å². The van der Waals surface area contributed by atoms with Crippen LogP contribution >= 0.6 is 0 Å². The summed E-state index contributed by atoms with van der Waals surface area (Å²) in [5, 5.41) is 0. The van der Waals surface area contributed by atoms with Crippen LogP contribution in [-0.2, 0) is 33.2 Å². The van der Waals surface area contributed by atoms with Crippen molar-refractivity contribution < 1.29 is 31.5 Å². The van der Waals surface area contributed by atoms with Crippen molar-refractivity contribution in [2.45, 2.75) is 162 Å². The molecule has 0 heterocycles. The van der Waals surface area contributed by atoms with Crippen molar-refractivity contribution in [3.05, 3.63) is 0 Å². The van der Waals surface area contributed by atoms with E-state index < -0.39 is 10.1 Å². The highest BCUT2D eigenvalue weighted by Crippen LogP contribution is 2.15. The predicted octanol–water partition coefficient (Wildman–Crippen LogP) is 8.59. The molecule has 2 atom stereocenters. The lowest BCUT2D eigenvalue weighted by atomic mass is 10.0. The zero-order valence-corrected chi connectivity index (χ0v) is 27.6. The molecule has 0 aliphatic carbocycles. The number of rotatable bonds is 33. The first-order chi connectivity index (χ1) is 19.4. The third-order valence-electron chi connectivity index (χ3n) is 7.09. The highest BCUT2D eigenvalue weighted by molar-refractivity contribution is 7.85. The molecule has 2 unspecified atom stereocenters. The monoisotopic (exact) mass is 594 g/mol. The molecule has 0 aromatic carbocycles. The third kappa shape index (κ3) is 30.7. The van der Waals surface area contributed by atoms with Gasteiger partial charge < -0.3 is 18.9 Å². The Morgan fingerprint density at radius 2 is 1.02 bits per heavy atom. The van der Waals surface area contributed by atoms with Gasteiger partial charge in [-0.1, -0.05) is 130 Å². The summed E-state index contributed by atoms with van der Waals surface area (Å²) in [4.78, 5) is 0. The van der Waals surface area contributed by atoms with Crippen LogP contribution in [-0.4, -0.2) is 66.7 Å². The summed E-state index contributed by atoms with van der Waals surface area (Å²) in [6.07, 6.45) is 26.6. The van der Waals surface area contributed by atoms with Crippen molar-refractivity contribution in [3.63, 3.8) is 0 Å². The van der Waals surface area contributed by atoms with Crippen molar-refractivity contribution in [1.82, 2.24) is 0 Å². The average Bonchev–Trinajstić information content (AvgIpc) is 2.93. The van der Waals surface area contributed by atoms with Gasteiger partial charge in [-0.05, 0) is 19.3 Å². The Balaban J connectivity index is 4.02. The molecule has 0 spiro atoms. The van der Waals surface area contributed by atoms with Gasteiger partial charge in [0.25, 0.3) is 10.1 Å². The van der Waals surface area contributed by atoms with Crippen molar-refractivity contribution in [1.29, 1.82) is 0 Å². The van der Waals surface area contributed by atoms with Crippen LogP contribution in [0.15, 0.2) is 0 Å². The number of hydrogen-bond donors (Lipinski definition) is 0. The number of ether oxygens (including phenoxy) is 4.